The highest BCUT2D eigenvalue weighted by Crippen LogP contribution is 2.31. The average Bonchev–Trinajstić information content (AvgIpc) is 2.81. The van der Waals surface area contributed by atoms with Gasteiger partial charge in [0.1, 0.15) is 12.4 Å². The van der Waals surface area contributed by atoms with Crippen molar-refractivity contribution < 1.29 is 23.9 Å². The average molecular weight is 172 g/mol. The van der Waals surface area contributed by atoms with Gasteiger partial charge >= 0.3 is 11.9 Å². The normalized spacial score (nSPS) is 25.8. The van der Waals surface area contributed by atoms with Gasteiger partial charge in [-0.3, -0.25) is 0 Å². The minimum Gasteiger partial charge on any atom is -0.461 e. The molecule has 0 aromatic heterocycles. The third kappa shape index (κ3) is 1.81. The highest BCUT2D eigenvalue weighted by molar-refractivity contribution is 6.29. The summed E-state index contributed by atoms with van der Waals surface area (Å²) in [5, 5.41) is 0. The highest BCUT2D eigenvalue weighted by atomic mass is 16.6. The second kappa shape index (κ2) is 3.34. The lowest BCUT2D eigenvalue weighted by Crippen LogP contribution is -2.20. The fourth-order valence-electron chi connectivity index (χ4n) is 0.737. The molecule has 0 heterocycles. The quantitative estimate of drug-likeness (QED) is 0.312. The molecule has 0 N–H and O–H groups in total. The van der Waals surface area contributed by atoms with E-state index in [4.69, 9.17) is 0 Å². The van der Waals surface area contributed by atoms with Gasteiger partial charge in [0.25, 0.3) is 0 Å². The van der Waals surface area contributed by atoms with Gasteiger partial charge in [-0.2, -0.15) is 0 Å². The van der Waals surface area contributed by atoms with Gasteiger partial charge < -0.3 is 14.3 Å². The van der Waals surface area contributed by atoms with Crippen molar-refractivity contribution in [1.82, 2.24) is 0 Å². The molecule has 5 heteroatoms. The first-order valence-corrected chi connectivity index (χ1v) is 3.43. The number of carbonyl (C=O) groups excluding carboxylic acids is 3. The lowest BCUT2D eigenvalue weighted by atomic mass is 10.5. The lowest BCUT2D eigenvalue weighted by Gasteiger charge is -1.99. The summed E-state index contributed by atoms with van der Waals surface area (Å²) in [5.41, 5.74) is 0. The zero-order chi connectivity index (χ0) is 9.14. The molecule has 1 saturated carbocycles. The Labute approximate surface area is 68.6 Å². The molecule has 5 nitrogen and oxygen atoms in total. The molecule has 0 aliphatic heterocycles. The second-order valence-corrected chi connectivity index (χ2v) is 2.47. The van der Waals surface area contributed by atoms with Crippen molar-refractivity contribution in [2.45, 2.75) is 12.5 Å². The highest BCUT2D eigenvalue weighted by Gasteiger charge is 2.41. The van der Waals surface area contributed by atoms with E-state index in [2.05, 4.69) is 9.47 Å². The number of ether oxygens (including phenoxy) is 2. The van der Waals surface area contributed by atoms with Crippen LogP contribution in [0.3, 0.4) is 0 Å². The Balaban J connectivity index is 2.29. The van der Waals surface area contributed by atoms with Crippen LogP contribution in [0.25, 0.3) is 0 Å². The summed E-state index contributed by atoms with van der Waals surface area (Å²) in [6.45, 7) is 0. The lowest BCUT2D eigenvalue weighted by molar-refractivity contribution is -0.167. The van der Waals surface area contributed by atoms with Crippen LogP contribution in [0.5, 0.6) is 0 Å². The van der Waals surface area contributed by atoms with Crippen LogP contribution in [0, 0.1) is 5.92 Å². The predicted molar refractivity (Wildman–Crippen MR) is 36.1 cm³/mol. The maximum atomic E-state index is 10.7. The standard InChI is InChI=1S/C7H8O5/c1-11-6(9)7(10)12-5-2-4(5)3-8/h3-5H,2H2,1H3/t4-,5-/m1/s1. The Morgan fingerprint density at radius 1 is 1.42 bits per heavy atom. The molecule has 0 aromatic carbocycles. The van der Waals surface area contributed by atoms with Gasteiger partial charge in [-0.25, -0.2) is 9.59 Å². The van der Waals surface area contributed by atoms with Gasteiger partial charge in [-0.1, -0.05) is 0 Å². The van der Waals surface area contributed by atoms with E-state index in [9.17, 15) is 14.4 Å². The van der Waals surface area contributed by atoms with Crippen LogP contribution in [0.15, 0.2) is 0 Å². The Bertz CT molecular complexity index is 222. The molecule has 1 aliphatic carbocycles. The summed E-state index contributed by atoms with van der Waals surface area (Å²) in [7, 11) is 1.09. The Kier molecular flexibility index (Phi) is 2.42. The SMILES string of the molecule is COC(=O)C(=O)O[C@@H]1C[C@@H]1C=O. The molecule has 0 spiro atoms. The first kappa shape index (κ1) is 8.70. The Hall–Kier alpha value is -1.39. The van der Waals surface area contributed by atoms with Crippen molar-refractivity contribution in [3.05, 3.63) is 0 Å². The third-order valence-corrected chi connectivity index (χ3v) is 1.56. The Morgan fingerprint density at radius 3 is 2.50 bits per heavy atom. The smallest absolute Gasteiger partial charge is 0.417 e. The van der Waals surface area contributed by atoms with Crippen molar-refractivity contribution in [3.63, 3.8) is 0 Å². The maximum absolute atomic E-state index is 10.7. The van der Waals surface area contributed by atoms with Gasteiger partial charge in [-0.15, -0.1) is 0 Å². The number of hydrogen-bond acceptors (Lipinski definition) is 5. The molecular weight excluding hydrogens is 164 g/mol. The first-order valence-electron chi connectivity index (χ1n) is 3.43. The topological polar surface area (TPSA) is 69.7 Å². The van der Waals surface area contributed by atoms with Crippen molar-refractivity contribution in [1.29, 1.82) is 0 Å². The molecule has 66 valence electrons. The number of esters is 2. The van der Waals surface area contributed by atoms with Crippen LogP contribution in [-0.2, 0) is 23.9 Å². The van der Waals surface area contributed by atoms with Crippen LogP contribution in [0.4, 0.5) is 0 Å². The van der Waals surface area contributed by atoms with E-state index in [1.54, 1.807) is 0 Å². The summed E-state index contributed by atoms with van der Waals surface area (Å²) in [4.78, 5) is 31.2. The largest absolute Gasteiger partial charge is 0.461 e. The van der Waals surface area contributed by atoms with Crippen molar-refractivity contribution >= 4 is 18.2 Å². The fourth-order valence-corrected chi connectivity index (χ4v) is 0.737. The van der Waals surface area contributed by atoms with Crippen LogP contribution < -0.4 is 0 Å². The van der Waals surface area contributed by atoms with E-state index in [-0.39, 0.29) is 5.92 Å². The van der Waals surface area contributed by atoms with Crippen molar-refractivity contribution in [2.24, 2.45) is 5.92 Å². The summed E-state index contributed by atoms with van der Waals surface area (Å²) >= 11 is 0. The maximum Gasteiger partial charge on any atom is 0.417 e. The number of rotatable bonds is 2. The second-order valence-electron chi connectivity index (χ2n) is 2.47. The molecule has 2 atom stereocenters. The minimum atomic E-state index is -1.04. The van der Waals surface area contributed by atoms with E-state index < -0.39 is 18.0 Å². The van der Waals surface area contributed by atoms with E-state index in [0.29, 0.717) is 12.7 Å². The molecule has 1 rings (SSSR count). The van der Waals surface area contributed by atoms with Crippen LogP contribution in [0.1, 0.15) is 6.42 Å². The number of aldehydes is 1. The van der Waals surface area contributed by atoms with Gasteiger partial charge in [0.05, 0.1) is 13.0 Å². The first-order chi connectivity index (χ1) is 5.69. The summed E-state index contributed by atoms with van der Waals surface area (Å²) in [5.74, 6) is -2.31. The Morgan fingerprint density at radius 2 is 2.08 bits per heavy atom. The van der Waals surface area contributed by atoms with E-state index in [1.807, 2.05) is 0 Å². The molecule has 0 amide bonds. The van der Waals surface area contributed by atoms with Crippen molar-refractivity contribution in [2.75, 3.05) is 7.11 Å². The monoisotopic (exact) mass is 172 g/mol. The van der Waals surface area contributed by atoms with Crippen molar-refractivity contribution in [3.8, 4) is 0 Å². The summed E-state index contributed by atoms with van der Waals surface area (Å²) < 4.78 is 8.68. The third-order valence-electron chi connectivity index (χ3n) is 1.56. The van der Waals surface area contributed by atoms with Gasteiger partial charge in [0, 0.05) is 0 Å². The van der Waals surface area contributed by atoms with Gasteiger partial charge in [-0.05, 0) is 6.42 Å². The molecule has 1 fully saturated rings. The van der Waals surface area contributed by atoms with E-state index in [1.165, 1.54) is 0 Å². The molecule has 0 aromatic rings. The molecule has 0 saturated heterocycles. The van der Waals surface area contributed by atoms with E-state index >= 15 is 0 Å². The predicted octanol–water partition coefficient (Wildman–Crippen LogP) is -0.710. The van der Waals surface area contributed by atoms with Gasteiger partial charge in [0.2, 0.25) is 0 Å². The van der Waals surface area contributed by atoms with E-state index in [0.717, 1.165) is 7.11 Å². The van der Waals surface area contributed by atoms with Crippen LogP contribution in [0.2, 0.25) is 0 Å². The zero-order valence-electron chi connectivity index (χ0n) is 6.48. The molecular formula is C7H8O5. The zero-order valence-corrected chi connectivity index (χ0v) is 6.48. The number of carbonyl (C=O) groups is 3. The molecule has 1 aliphatic rings. The number of methoxy groups -OCH3 is 1. The molecule has 0 radical (unpaired) electrons. The molecule has 0 bridgehead atoms. The minimum absolute atomic E-state index is 0.237. The van der Waals surface area contributed by atoms with Crippen LogP contribution >= 0.6 is 0 Å². The summed E-state index contributed by atoms with van der Waals surface area (Å²) in [6, 6.07) is 0. The molecule has 12 heavy (non-hydrogen) atoms. The van der Waals surface area contributed by atoms with Crippen LogP contribution in [-0.4, -0.2) is 31.4 Å². The molecule has 0 unspecified atom stereocenters. The fraction of sp³-hybridized carbons (Fsp3) is 0.571. The summed E-state index contributed by atoms with van der Waals surface area (Å²) in [6.07, 6.45) is 0.788. The number of hydrogen-bond donors (Lipinski definition) is 0. The van der Waals surface area contributed by atoms with Gasteiger partial charge in [0.15, 0.2) is 0 Å².